The zero-order chi connectivity index (χ0) is 22.5. The van der Waals surface area contributed by atoms with Crippen LogP contribution in [0.25, 0.3) is 0 Å². The van der Waals surface area contributed by atoms with Crippen LogP contribution >= 0.6 is 0 Å². The molecule has 1 heterocycles. The summed E-state index contributed by atoms with van der Waals surface area (Å²) in [7, 11) is 0. The van der Waals surface area contributed by atoms with Crippen molar-refractivity contribution in [2.24, 2.45) is 0 Å². The number of rotatable bonds is 3. The summed E-state index contributed by atoms with van der Waals surface area (Å²) in [4.78, 5) is 41.2. The predicted molar refractivity (Wildman–Crippen MR) is 118 cm³/mol. The summed E-state index contributed by atoms with van der Waals surface area (Å²) in [6.07, 6.45) is 0. The summed E-state index contributed by atoms with van der Waals surface area (Å²) in [5.41, 5.74) is 2.41. The van der Waals surface area contributed by atoms with Gasteiger partial charge in [-0.25, -0.2) is 0 Å². The lowest BCUT2D eigenvalue weighted by Gasteiger charge is -2.30. The van der Waals surface area contributed by atoms with Crippen LogP contribution in [0.1, 0.15) is 31.8 Å². The summed E-state index contributed by atoms with van der Waals surface area (Å²) < 4.78 is 11.5. The van der Waals surface area contributed by atoms with Gasteiger partial charge in [-0.05, 0) is 6.07 Å². The Balaban J connectivity index is 1.54. The van der Waals surface area contributed by atoms with Crippen LogP contribution in [0.4, 0.5) is 5.69 Å². The van der Waals surface area contributed by atoms with Gasteiger partial charge in [-0.15, -0.1) is 0 Å². The van der Waals surface area contributed by atoms with Gasteiger partial charge in [0.15, 0.2) is 11.6 Å². The van der Waals surface area contributed by atoms with Crippen molar-refractivity contribution in [3.05, 3.63) is 64.7 Å². The summed E-state index contributed by atoms with van der Waals surface area (Å²) in [5.74, 6) is -1.17. The van der Waals surface area contributed by atoms with Gasteiger partial charge in [-0.1, -0.05) is 36.4 Å². The molecule has 1 saturated heterocycles. The lowest BCUT2D eigenvalue weighted by Crippen LogP contribution is -2.38. The molecule has 2 aromatic rings. The smallest absolute Gasteiger partial charge is 0.317 e. The molecule has 2 aliphatic rings. The van der Waals surface area contributed by atoms with Gasteiger partial charge in [0.2, 0.25) is 0 Å². The van der Waals surface area contributed by atoms with E-state index in [1.165, 1.54) is 0 Å². The quantitative estimate of drug-likeness (QED) is 0.660. The summed E-state index contributed by atoms with van der Waals surface area (Å²) in [5, 5.41) is 9.03. The first kappa shape index (κ1) is 22.1. The molecule has 1 N–H and O–H groups in total. The second-order valence-electron chi connectivity index (χ2n) is 7.79. The van der Waals surface area contributed by atoms with Crippen LogP contribution in [0.5, 0.6) is 0 Å². The van der Waals surface area contributed by atoms with Crippen molar-refractivity contribution < 1.29 is 29.0 Å². The number of nitrogens with zero attached hydrogens (tertiary/aromatic N) is 2. The van der Waals surface area contributed by atoms with Crippen LogP contribution in [-0.2, 0) is 14.3 Å². The van der Waals surface area contributed by atoms with E-state index in [0.717, 1.165) is 0 Å². The SMILES string of the molecule is O=C(O)CN1CCOCCN(c2cccc3c2C(=O)c2ccccc2C3=O)CCOCC1. The molecule has 168 valence electrons. The highest BCUT2D eigenvalue weighted by molar-refractivity contribution is 6.30. The molecular formula is C24H26N2O6. The number of carboxylic acid groups (broad SMARTS) is 1. The van der Waals surface area contributed by atoms with E-state index < -0.39 is 5.97 Å². The molecule has 2 aromatic carbocycles. The standard InChI is InChI=1S/C24H26N2O6/c27-21(28)16-25-8-12-31-14-10-26(11-15-32-13-9-25)20-7-3-6-19-22(20)24(30)18-5-2-1-4-17(18)23(19)29/h1-7H,8-16H2,(H,27,28). The highest BCUT2D eigenvalue weighted by atomic mass is 16.5. The highest BCUT2D eigenvalue weighted by Crippen LogP contribution is 2.33. The molecule has 0 saturated carbocycles. The third-order valence-electron chi connectivity index (χ3n) is 5.74. The molecule has 4 rings (SSSR count). The van der Waals surface area contributed by atoms with Gasteiger partial charge < -0.3 is 19.5 Å². The first-order valence-corrected chi connectivity index (χ1v) is 10.7. The number of hydrogen-bond donors (Lipinski definition) is 1. The number of fused-ring (bicyclic) bond motifs is 2. The largest absolute Gasteiger partial charge is 0.480 e. The monoisotopic (exact) mass is 438 g/mol. The van der Waals surface area contributed by atoms with Crippen LogP contribution in [0.2, 0.25) is 0 Å². The number of anilines is 1. The topological polar surface area (TPSA) is 96.4 Å². The molecule has 0 radical (unpaired) electrons. The van der Waals surface area contributed by atoms with Crippen LogP contribution in [-0.4, -0.2) is 86.7 Å². The number of aliphatic carboxylic acids is 1. The van der Waals surface area contributed by atoms with Crippen LogP contribution < -0.4 is 4.90 Å². The zero-order valence-electron chi connectivity index (χ0n) is 17.8. The molecule has 0 amide bonds. The molecule has 0 aromatic heterocycles. The average Bonchev–Trinajstić information content (AvgIpc) is 2.78. The Hall–Kier alpha value is -3.07. The van der Waals surface area contributed by atoms with Crippen molar-refractivity contribution in [3.8, 4) is 0 Å². The summed E-state index contributed by atoms with van der Waals surface area (Å²) in [6.45, 7) is 3.60. The number of benzene rings is 2. The molecule has 0 unspecified atom stereocenters. The van der Waals surface area contributed by atoms with E-state index in [9.17, 15) is 14.4 Å². The van der Waals surface area contributed by atoms with Gasteiger partial charge >= 0.3 is 5.97 Å². The Kier molecular flexibility index (Phi) is 6.94. The molecule has 0 bridgehead atoms. The number of ether oxygens (including phenoxy) is 2. The normalized spacial score (nSPS) is 18.3. The van der Waals surface area contributed by atoms with E-state index in [0.29, 0.717) is 80.5 Å². The molecule has 0 spiro atoms. The van der Waals surface area contributed by atoms with Crippen LogP contribution in [0.3, 0.4) is 0 Å². The fourth-order valence-corrected chi connectivity index (χ4v) is 4.15. The number of ketones is 2. The van der Waals surface area contributed by atoms with Gasteiger partial charge in [0.05, 0.1) is 38.5 Å². The Morgan fingerprint density at radius 3 is 1.97 bits per heavy atom. The number of hydrogen-bond acceptors (Lipinski definition) is 7. The number of carbonyl (C=O) groups is 3. The second-order valence-corrected chi connectivity index (χ2v) is 7.79. The molecule has 0 atom stereocenters. The van der Waals surface area contributed by atoms with Crippen molar-refractivity contribution in [3.63, 3.8) is 0 Å². The minimum absolute atomic E-state index is 0.0490. The van der Waals surface area contributed by atoms with Crippen molar-refractivity contribution in [2.75, 3.05) is 64.1 Å². The predicted octanol–water partition coefficient (Wildman–Crippen LogP) is 1.70. The lowest BCUT2D eigenvalue weighted by atomic mass is 9.83. The van der Waals surface area contributed by atoms with E-state index in [-0.39, 0.29) is 18.1 Å². The molecule has 8 heteroatoms. The van der Waals surface area contributed by atoms with Gasteiger partial charge in [0.25, 0.3) is 0 Å². The van der Waals surface area contributed by atoms with Crippen molar-refractivity contribution in [1.82, 2.24) is 4.90 Å². The maximum Gasteiger partial charge on any atom is 0.317 e. The summed E-state index contributed by atoms with van der Waals surface area (Å²) in [6, 6.07) is 12.3. The molecule has 1 aliphatic heterocycles. The maximum absolute atomic E-state index is 13.3. The second kappa shape index (κ2) is 10.0. The van der Waals surface area contributed by atoms with E-state index >= 15 is 0 Å². The Morgan fingerprint density at radius 1 is 0.781 bits per heavy atom. The average molecular weight is 438 g/mol. The first-order chi connectivity index (χ1) is 15.6. The van der Waals surface area contributed by atoms with Crippen LogP contribution in [0.15, 0.2) is 42.5 Å². The van der Waals surface area contributed by atoms with Crippen molar-refractivity contribution >= 4 is 23.2 Å². The Morgan fingerprint density at radius 2 is 1.34 bits per heavy atom. The molecule has 1 aliphatic carbocycles. The van der Waals surface area contributed by atoms with E-state index in [1.807, 2.05) is 11.0 Å². The van der Waals surface area contributed by atoms with Gasteiger partial charge in [0.1, 0.15) is 0 Å². The van der Waals surface area contributed by atoms with Crippen molar-refractivity contribution in [1.29, 1.82) is 0 Å². The number of carboxylic acids is 1. The molecular weight excluding hydrogens is 412 g/mol. The molecule has 32 heavy (non-hydrogen) atoms. The minimum atomic E-state index is -0.877. The first-order valence-electron chi connectivity index (χ1n) is 10.7. The maximum atomic E-state index is 13.3. The van der Waals surface area contributed by atoms with Gasteiger partial charge in [-0.2, -0.15) is 0 Å². The van der Waals surface area contributed by atoms with Gasteiger partial charge in [-0.3, -0.25) is 19.3 Å². The van der Waals surface area contributed by atoms with Gasteiger partial charge in [0, 0.05) is 48.6 Å². The Bertz CT molecular complexity index is 1010. The third kappa shape index (κ3) is 4.72. The van der Waals surface area contributed by atoms with Crippen LogP contribution in [0, 0.1) is 0 Å². The lowest BCUT2D eigenvalue weighted by molar-refractivity contribution is -0.138. The number of carbonyl (C=O) groups excluding carboxylic acids is 2. The Labute approximate surface area is 186 Å². The van der Waals surface area contributed by atoms with E-state index in [2.05, 4.69) is 0 Å². The fourth-order valence-electron chi connectivity index (χ4n) is 4.15. The minimum Gasteiger partial charge on any atom is -0.480 e. The van der Waals surface area contributed by atoms with E-state index in [4.69, 9.17) is 14.6 Å². The molecule has 1 fully saturated rings. The van der Waals surface area contributed by atoms with Crippen molar-refractivity contribution in [2.45, 2.75) is 0 Å². The highest BCUT2D eigenvalue weighted by Gasteiger charge is 2.32. The third-order valence-corrected chi connectivity index (χ3v) is 5.74. The fraction of sp³-hybridized carbons (Fsp3) is 0.375. The van der Waals surface area contributed by atoms with E-state index in [1.54, 1.807) is 41.3 Å². The summed E-state index contributed by atoms with van der Waals surface area (Å²) >= 11 is 0. The zero-order valence-corrected chi connectivity index (χ0v) is 17.8. The molecule has 8 nitrogen and oxygen atoms in total.